The lowest BCUT2D eigenvalue weighted by molar-refractivity contribution is -0.142. The molecular weight excluding hydrogens is 448 g/mol. The highest BCUT2D eigenvalue weighted by Gasteiger charge is 2.38. The number of carbonyl (C=O) groups excluding carboxylic acids is 3. The van der Waals surface area contributed by atoms with Crippen LogP contribution in [-0.2, 0) is 23.8 Å². The maximum absolute atomic E-state index is 13.4. The van der Waals surface area contributed by atoms with Crippen molar-refractivity contribution in [1.29, 1.82) is 0 Å². The molecule has 0 saturated carbocycles. The van der Waals surface area contributed by atoms with Crippen LogP contribution in [0.1, 0.15) is 44.5 Å². The molecule has 1 aliphatic heterocycles. The van der Waals surface area contributed by atoms with E-state index < -0.39 is 24.2 Å². The Labute approximate surface area is 205 Å². The molecular formula is C27H30N2O6. The number of esters is 2. The smallest absolute Gasteiger partial charge is 0.416 e. The summed E-state index contributed by atoms with van der Waals surface area (Å²) in [5.41, 5.74) is 2.10. The predicted molar refractivity (Wildman–Crippen MR) is 132 cm³/mol. The Bertz CT molecular complexity index is 1100. The van der Waals surface area contributed by atoms with Gasteiger partial charge in [0.15, 0.2) is 0 Å². The van der Waals surface area contributed by atoms with Crippen molar-refractivity contribution in [1.82, 2.24) is 4.90 Å². The molecule has 0 saturated heterocycles. The highest BCUT2D eigenvalue weighted by Crippen LogP contribution is 2.39. The second kappa shape index (κ2) is 12.4. The average molecular weight is 479 g/mol. The molecule has 0 radical (unpaired) electrons. The SMILES string of the molecule is CCCOC(=O)N(c1ccccc1)C1c2ccccc2C=CN1/C(=C\C(=O)OCC)C(=O)OCC. The molecule has 3 rings (SSSR count). The van der Waals surface area contributed by atoms with Gasteiger partial charge < -0.3 is 19.1 Å². The van der Waals surface area contributed by atoms with Gasteiger partial charge in [-0.2, -0.15) is 0 Å². The molecule has 1 amide bonds. The quantitative estimate of drug-likeness (QED) is 0.284. The number of ether oxygens (including phenoxy) is 3. The van der Waals surface area contributed by atoms with Crippen molar-refractivity contribution in [2.24, 2.45) is 0 Å². The number of fused-ring (bicyclic) bond motifs is 1. The van der Waals surface area contributed by atoms with Gasteiger partial charge in [0.05, 0.1) is 25.9 Å². The minimum Gasteiger partial charge on any atom is -0.463 e. The third-order valence-electron chi connectivity index (χ3n) is 5.16. The van der Waals surface area contributed by atoms with Crippen molar-refractivity contribution in [3.8, 4) is 0 Å². The minimum absolute atomic E-state index is 0.0646. The molecule has 0 fully saturated rings. The van der Waals surface area contributed by atoms with Crippen LogP contribution >= 0.6 is 0 Å². The standard InChI is InChI=1S/C27H30N2O6/c1-4-18-35-27(32)29(21-13-8-7-9-14-21)25-22-15-11-10-12-20(22)16-17-28(25)23(26(31)34-6-3)19-24(30)33-5-2/h7-17,19,25H,4-6,18H2,1-3H3/b23-19-. The van der Waals surface area contributed by atoms with E-state index in [1.807, 2.05) is 55.5 Å². The van der Waals surface area contributed by atoms with Crippen LogP contribution in [0.25, 0.3) is 6.08 Å². The Morgan fingerprint density at radius 3 is 2.29 bits per heavy atom. The van der Waals surface area contributed by atoms with Crippen molar-refractivity contribution in [3.63, 3.8) is 0 Å². The van der Waals surface area contributed by atoms with Crippen molar-refractivity contribution in [3.05, 3.63) is 83.7 Å². The summed E-state index contributed by atoms with van der Waals surface area (Å²) in [6.45, 7) is 5.75. The molecule has 35 heavy (non-hydrogen) atoms. The second-order valence-corrected chi connectivity index (χ2v) is 7.55. The summed E-state index contributed by atoms with van der Waals surface area (Å²) in [5, 5.41) is 0. The van der Waals surface area contributed by atoms with Gasteiger partial charge in [-0.15, -0.1) is 0 Å². The number of rotatable bonds is 9. The average Bonchev–Trinajstić information content (AvgIpc) is 2.87. The summed E-state index contributed by atoms with van der Waals surface area (Å²) < 4.78 is 15.9. The van der Waals surface area contributed by atoms with E-state index in [-0.39, 0.29) is 25.5 Å². The summed E-state index contributed by atoms with van der Waals surface area (Å²) >= 11 is 0. The summed E-state index contributed by atoms with van der Waals surface area (Å²) in [6.07, 6.45) is 3.77. The van der Waals surface area contributed by atoms with E-state index in [4.69, 9.17) is 14.2 Å². The first-order valence-corrected chi connectivity index (χ1v) is 11.6. The highest BCUT2D eigenvalue weighted by atomic mass is 16.6. The van der Waals surface area contributed by atoms with Crippen LogP contribution in [0.5, 0.6) is 0 Å². The van der Waals surface area contributed by atoms with E-state index in [1.165, 1.54) is 9.80 Å². The van der Waals surface area contributed by atoms with Crippen molar-refractivity contribution in [2.45, 2.75) is 33.4 Å². The molecule has 184 valence electrons. The second-order valence-electron chi connectivity index (χ2n) is 7.55. The topological polar surface area (TPSA) is 85.4 Å². The maximum Gasteiger partial charge on any atom is 0.416 e. The van der Waals surface area contributed by atoms with Crippen molar-refractivity contribution < 1.29 is 28.6 Å². The van der Waals surface area contributed by atoms with Crippen molar-refractivity contribution >= 4 is 29.8 Å². The number of hydrogen-bond donors (Lipinski definition) is 0. The van der Waals surface area contributed by atoms with Crippen LogP contribution in [-0.4, -0.2) is 42.8 Å². The number of anilines is 1. The predicted octanol–water partition coefficient (Wildman–Crippen LogP) is 5.03. The first kappa shape index (κ1) is 25.6. The molecule has 0 N–H and O–H groups in total. The van der Waals surface area contributed by atoms with Gasteiger partial charge in [0.1, 0.15) is 11.9 Å². The van der Waals surface area contributed by atoms with E-state index >= 15 is 0 Å². The van der Waals surface area contributed by atoms with Gasteiger partial charge in [-0.05, 0) is 44.0 Å². The minimum atomic E-state index is -0.840. The lowest BCUT2D eigenvalue weighted by atomic mass is 9.99. The summed E-state index contributed by atoms with van der Waals surface area (Å²) in [7, 11) is 0. The number of para-hydroxylation sites is 1. The first-order valence-electron chi connectivity index (χ1n) is 11.6. The fourth-order valence-electron chi connectivity index (χ4n) is 3.70. The van der Waals surface area contributed by atoms with Gasteiger partial charge in [0, 0.05) is 17.5 Å². The molecule has 1 aliphatic rings. The fraction of sp³-hybridized carbons (Fsp3) is 0.296. The van der Waals surface area contributed by atoms with E-state index in [0.717, 1.165) is 17.2 Å². The fourth-order valence-corrected chi connectivity index (χ4v) is 3.70. The third-order valence-corrected chi connectivity index (χ3v) is 5.16. The van der Waals surface area contributed by atoms with Crippen LogP contribution in [0.4, 0.5) is 10.5 Å². The molecule has 2 aromatic rings. The van der Waals surface area contributed by atoms with Crippen LogP contribution in [0, 0.1) is 0 Å². The Kier molecular flexibility index (Phi) is 9.06. The molecule has 8 heteroatoms. The van der Waals surface area contributed by atoms with Gasteiger partial charge in [0.2, 0.25) is 0 Å². The Morgan fingerprint density at radius 2 is 1.60 bits per heavy atom. The van der Waals surface area contributed by atoms with Gasteiger partial charge >= 0.3 is 18.0 Å². The molecule has 0 aliphatic carbocycles. The zero-order valence-electron chi connectivity index (χ0n) is 20.2. The zero-order valence-corrected chi connectivity index (χ0v) is 20.2. The number of benzene rings is 2. The molecule has 0 aromatic heterocycles. The first-order chi connectivity index (χ1) is 17.0. The molecule has 0 spiro atoms. The summed E-state index contributed by atoms with van der Waals surface area (Å²) in [6, 6.07) is 16.5. The van der Waals surface area contributed by atoms with Gasteiger partial charge in [-0.3, -0.25) is 4.90 Å². The van der Waals surface area contributed by atoms with Crippen molar-refractivity contribution in [2.75, 3.05) is 24.7 Å². The van der Waals surface area contributed by atoms with Crippen LogP contribution in [0.2, 0.25) is 0 Å². The Hall–Kier alpha value is -4.07. The van der Waals surface area contributed by atoms with E-state index in [0.29, 0.717) is 12.1 Å². The lowest BCUT2D eigenvalue weighted by Crippen LogP contribution is -2.45. The summed E-state index contributed by atoms with van der Waals surface area (Å²) in [4.78, 5) is 41.9. The molecule has 8 nitrogen and oxygen atoms in total. The Balaban J connectivity index is 2.21. The van der Waals surface area contributed by atoms with Crippen LogP contribution in [0.15, 0.2) is 72.6 Å². The molecule has 0 bridgehead atoms. The largest absolute Gasteiger partial charge is 0.463 e. The molecule has 1 heterocycles. The lowest BCUT2D eigenvalue weighted by Gasteiger charge is -2.41. The third kappa shape index (κ3) is 6.09. The Morgan fingerprint density at radius 1 is 0.914 bits per heavy atom. The molecule has 2 aromatic carbocycles. The number of nitrogens with zero attached hydrogens (tertiary/aromatic N) is 2. The number of amides is 1. The molecule has 1 unspecified atom stereocenters. The van der Waals surface area contributed by atoms with Gasteiger partial charge in [0.25, 0.3) is 0 Å². The van der Waals surface area contributed by atoms with Crippen LogP contribution in [0.3, 0.4) is 0 Å². The van der Waals surface area contributed by atoms with E-state index in [1.54, 1.807) is 32.2 Å². The molecule has 1 atom stereocenters. The van der Waals surface area contributed by atoms with E-state index in [2.05, 4.69) is 0 Å². The number of carbonyl (C=O) groups is 3. The maximum atomic E-state index is 13.4. The van der Waals surface area contributed by atoms with Gasteiger partial charge in [-0.25, -0.2) is 14.4 Å². The summed E-state index contributed by atoms with van der Waals surface area (Å²) in [5.74, 6) is -1.41. The monoisotopic (exact) mass is 478 g/mol. The normalized spacial score (nSPS) is 14.7. The van der Waals surface area contributed by atoms with E-state index in [9.17, 15) is 14.4 Å². The zero-order chi connectivity index (χ0) is 25.2. The van der Waals surface area contributed by atoms with Gasteiger partial charge in [-0.1, -0.05) is 49.4 Å². The highest BCUT2D eigenvalue weighted by molar-refractivity contribution is 5.97. The van der Waals surface area contributed by atoms with Crippen LogP contribution < -0.4 is 4.90 Å². The number of hydrogen-bond acceptors (Lipinski definition) is 7.